The zero-order valence-corrected chi connectivity index (χ0v) is 23.6. The zero-order valence-electron chi connectivity index (χ0n) is 22.8. The van der Waals surface area contributed by atoms with Gasteiger partial charge >= 0.3 is 0 Å². The number of aromatic nitrogens is 1. The molecule has 4 rings (SSSR count). The molecule has 0 unspecified atom stereocenters. The number of aryl methyl sites for hydroxylation is 2. The summed E-state index contributed by atoms with van der Waals surface area (Å²) in [5.41, 5.74) is 3.40. The van der Waals surface area contributed by atoms with Crippen LogP contribution in [0.5, 0.6) is 11.5 Å². The highest BCUT2D eigenvalue weighted by molar-refractivity contribution is 7.89. The van der Waals surface area contributed by atoms with E-state index in [2.05, 4.69) is 10.5 Å². The molecule has 1 aromatic heterocycles. The minimum absolute atomic E-state index is 0.0598. The van der Waals surface area contributed by atoms with Gasteiger partial charge in [-0.25, -0.2) is 8.42 Å². The van der Waals surface area contributed by atoms with E-state index in [1.807, 2.05) is 49.4 Å². The standard InChI is InChI=1S/C29H35N3O6S/c1-20-5-7-22(8-6-20)9-12-26-28(21(2)31-38-26)39(34,35)32-17-14-24(15-18-32)29(33)30-16-13-23-10-11-25(36-3)27(19-23)37-4/h5-12,19,24H,13-18H2,1-4H3,(H,30,33)/b12-9+. The number of amides is 1. The van der Waals surface area contributed by atoms with Crippen LogP contribution in [0.15, 0.2) is 51.9 Å². The molecule has 1 saturated heterocycles. The van der Waals surface area contributed by atoms with Gasteiger partial charge < -0.3 is 19.3 Å². The first kappa shape index (κ1) is 28.4. The summed E-state index contributed by atoms with van der Waals surface area (Å²) in [7, 11) is -0.660. The highest BCUT2D eigenvalue weighted by Gasteiger charge is 2.35. The van der Waals surface area contributed by atoms with Crippen LogP contribution < -0.4 is 14.8 Å². The molecule has 0 atom stereocenters. The number of sulfonamides is 1. The predicted octanol–water partition coefficient (Wildman–Crippen LogP) is 4.24. The topological polar surface area (TPSA) is 111 Å². The summed E-state index contributed by atoms with van der Waals surface area (Å²) in [5, 5.41) is 6.90. The number of carbonyl (C=O) groups excluding carboxylic acids is 1. The summed E-state index contributed by atoms with van der Waals surface area (Å²) in [5.74, 6) is 1.19. The summed E-state index contributed by atoms with van der Waals surface area (Å²) < 4.78 is 44.4. The molecule has 10 heteroatoms. The molecule has 0 saturated carbocycles. The van der Waals surface area contributed by atoms with E-state index in [-0.39, 0.29) is 35.6 Å². The van der Waals surface area contributed by atoms with Crippen LogP contribution in [0.1, 0.15) is 41.0 Å². The van der Waals surface area contributed by atoms with Crippen LogP contribution in [-0.2, 0) is 21.2 Å². The van der Waals surface area contributed by atoms with Crippen molar-refractivity contribution in [1.29, 1.82) is 0 Å². The molecule has 0 radical (unpaired) electrons. The van der Waals surface area contributed by atoms with E-state index >= 15 is 0 Å². The van der Waals surface area contributed by atoms with Crippen molar-refractivity contribution in [3.05, 3.63) is 70.6 Å². The average Bonchev–Trinajstić information content (AvgIpc) is 3.33. The highest BCUT2D eigenvalue weighted by atomic mass is 32.2. The summed E-state index contributed by atoms with van der Waals surface area (Å²) in [6, 6.07) is 13.5. The van der Waals surface area contributed by atoms with E-state index in [4.69, 9.17) is 14.0 Å². The molecule has 3 aromatic rings. The maximum atomic E-state index is 13.5. The first-order valence-electron chi connectivity index (χ1n) is 12.9. The molecule has 1 N–H and O–H groups in total. The van der Waals surface area contributed by atoms with Crippen molar-refractivity contribution in [3.63, 3.8) is 0 Å². The van der Waals surface area contributed by atoms with Crippen molar-refractivity contribution in [2.24, 2.45) is 5.92 Å². The molecule has 0 spiro atoms. The zero-order chi connectivity index (χ0) is 28.0. The maximum Gasteiger partial charge on any atom is 0.248 e. The van der Waals surface area contributed by atoms with Crippen molar-refractivity contribution < 1.29 is 27.2 Å². The number of ether oxygens (including phenoxy) is 2. The normalized spacial score (nSPS) is 15.0. The number of nitrogens with one attached hydrogen (secondary N) is 1. The molecule has 2 heterocycles. The molecule has 39 heavy (non-hydrogen) atoms. The first-order chi connectivity index (χ1) is 18.7. The average molecular weight is 554 g/mol. The Balaban J connectivity index is 1.33. The molecule has 0 bridgehead atoms. The van der Waals surface area contributed by atoms with Gasteiger partial charge in [0.25, 0.3) is 0 Å². The number of rotatable bonds is 10. The Morgan fingerprint density at radius 2 is 1.74 bits per heavy atom. The molecule has 1 aliphatic heterocycles. The summed E-state index contributed by atoms with van der Waals surface area (Å²) in [6.07, 6.45) is 4.97. The second-order valence-electron chi connectivity index (χ2n) is 9.61. The van der Waals surface area contributed by atoms with Gasteiger partial charge in [-0.1, -0.05) is 47.1 Å². The monoisotopic (exact) mass is 553 g/mol. The number of piperidine rings is 1. The van der Waals surface area contributed by atoms with Crippen molar-refractivity contribution in [2.75, 3.05) is 33.9 Å². The SMILES string of the molecule is COc1ccc(CCNC(=O)C2CCN(S(=O)(=O)c3c(C)noc3/C=C/c3ccc(C)cc3)CC2)cc1OC. The van der Waals surface area contributed by atoms with E-state index in [1.54, 1.807) is 33.3 Å². The second kappa shape index (κ2) is 12.5. The minimum atomic E-state index is -3.83. The fourth-order valence-corrected chi connectivity index (χ4v) is 6.37. The number of nitrogens with zero attached hydrogens (tertiary/aromatic N) is 2. The molecule has 0 aliphatic carbocycles. The molecule has 2 aromatic carbocycles. The molecule has 1 amide bonds. The number of carbonyl (C=O) groups is 1. The number of methoxy groups -OCH3 is 2. The van der Waals surface area contributed by atoms with Gasteiger partial charge in [0, 0.05) is 25.6 Å². The van der Waals surface area contributed by atoms with E-state index in [0.29, 0.717) is 43.0 Å². The van der Waals surface area contributed by atoms with Crippen LogP contribution in [0.4, 0.5) is 0 Å². The Hall–Kier alpha value is -3.63. The second-order valence-corrected chi connectivity index (χ2v) is 11.5. The number of hydrogen-bond donors (Lipinski definition) is 1. The Morgan fingerprint density at radius 3 is 2.41 bits per heavy atom. The van der Waals surface area contributed by atoms with Crippen molar-refractivity contribution >= 4 is 28.1 Å². The van der Waals surface area contributed by atoms with Crippen LogP contribution in [-0.4, -0.2) is 57.6 Å². The number of hydrogen-bond acceptors (Lipinski definition) is 7. The lowest BCUT2D eigenvalue weighted by Crippen LogP contribution is -2.43. The molecular formula is C29H35N3O6S. The van der Waals surface area contributed by atoms with Crippen molar-refractivity contribution in [3.8, 4) is 11.5 Å². The van der Waals surface area contributed by atoms with Crippen molar-refractivity contribution in [1.82, 2.24) is 14.8 Å². The van der Waals surface area contributed by atoms with E-state index < -0.39 is 10.0 Å². The third-order valence-corrected chi connectivity index (χ3v) is 8.98. The summed E-state index contributed by atoms with van der Waals surface area (Å²) in [4.78, 5) is 12.9. The van der Waals surface area contributed by atoms with Crippen LogP contribution in [0.3, 0.4) is 0 Å². The van der Waals surface area contributed by atoms with Crippen LogP contribution in [0, 0.1) is 19.8 Å². The van der Waals surface area contributed by atoms with Crippen LogP contribution in [0.2, 0.25) is 0 Å². The van der Waals surface area contributed by atoms with E-state index in [1.165, 1.54) is 4.31 Å². The lowest BCUT2D eigenvalue weighted by molar-refractivity contribution is -0.126. The Morgan fingerprint density at radius 1 is 1.05 bits per heavy atom. The third-order valence-electron chi connectivity index (χ3n) is 6.92. The smallest absolute Gasteiger partial charge is 0.248 e. The van der Waals surface area contributed by atoms with Gasteiger partial charge in [0.1, 0.15) is 5.69 Å². The van der Waals surface area contributed by atoms with E-state index in [9.17, 15) is 13.2 Å². The maximum absolute atomic E-state index is 13.5. The number of benzene rings is 2. The largest absolute Gasteiger partial charge is 0.493 e. The molecule has 1 fully saturated rings. The van der Waals surface area contributed by atoms with Gasteiger partial charge in [0.05, 0.1) is 14.2 Å². The minimum Gasteiger partial charge on any atom is -0.493 e. The van der Waals surface area contributed by atoms with Crippen molar-refractivity contribution in [2.45, 2.75) is 38.0 Å². The fraction of sp³-hybridized carbons (Fsp3) is 0.379. The molecule has 1 aliphatic rings. The van der Waals surface area contributed by atoms with Gasteiger partial charge in [-0.2, -0.15) is 4.31 Å². The Labute approximate surface area is 229 Å². The Bertz CT molecular complexity index is 1420. The summed E-state index contributed by atoms with van der Waals surface area (Å²) in [6.45, 7) is 4.61. The van der Waals surface area contributed by atoms with Gasteiger partial charge in [0.2, 0.25) is 15.9 Å². The Kier molecular flexibility index (Phi) is 9.08. The lowest BCUT2D eigenvalue weighted by Gasteiger charge is -2.30. The van der Waals surface area contributed by atoms with E-state index in [0.717, 1.165) is 16.7 Å². The highest BCUT2D eigenvalue weighted by Crippen LogP contribution is 2.30. The van der Waals surface area contributed by atoms with Gasteiger partial charge in [-0.3, -0.25) is 4.79 Å². The van der Waals surface area contributed by atoms with Crippen LogP contribution >= 0.6 is 0 Å². The van der Waals surface area contributed by atoms with Gasteiger partial charge in [-0.15, -0.1) is 0 Å². The molecule has 208 valence electrons. The lowest BCUT2D eigenvalue weighted by atomic mass is 9.97. The van der Waals surface area contributed by atoms with Crippen LogP contribution in [0.25, 0.3) is 12.2 Å². The quantitative estimate of drug-likeness (QED) is 0.400. The molecular weight excluding hydrogens is 518 g/mol. The fourth-order valence-electron chi connectivity index (χ4n) is 4.65. The predicted molar refractivity (Wildman–Crippen MR) is 149 cm³/mol. The van der Waals surface area contributed by atoms with Gasteiger partial charge in [-0.05, 0) is 62.4 Å². The first-order valence-corrected chi connectivity index (χ1v) is 14.4. The molecule has 9 nitrogen and oxygen atoms in total. The van der Waals surface area contributed by atoms with Gasteiger partial charge in [0.15, 0.2) is 22.2 Å². The summed E-state index contributed by atoms with van der Waals surface area (Å²) >= 11 is 0. The third kappa shape index (κ3) is 6.69.